The molecule has 150 valence electrons. The van der Waals surface area contributed by atoms with Crippen LogP contribution in [-0.4, -0.2) is 55.8 Å². The van der Waals surface area contributed by atoms with Crippen LogP contribution in [0.4, 0.5) is 0 Å². The number of fused-ring (bicyclic) bond motifs is 1. The van der Waals surface area contributed by atoms with Crippen molar-refractivity contribution in [3.05, 3.63) is 57.5 Å². The first-order valence-electron chi connectivity index (χ1n) is 8.73. The molecule has 0 radical (unpaired) electrons. The van der Waals surface area contributed by atoms with Crippen LogP contribution in [0.15, 0.2) is 51.9 Å². The predicted molar refractivity (Wildman–Crippen MR) is 113 cm³/mol. The quantitative estimate of drug-likeness (QED) is 0.635. The summed E-state index contributed by atoms with van der Waals surface area (Å²) in [5, 5.41) is 11.9. The number of nitrogens with one attached hydrogen (secondary N) is 1. The third-order valence-corrected chi connectivity index (χ3v) is 8.16. The van der Waals surface area contributed by atoms with E-state index in [4.69, 9.17) is 0 Å². The summed E-state index contributed by atoms with van der Waals surface area (Å²) in [6, 6.07) is 8.47. The fourth-order valence-electron chi connectivity index (χ4n) is 3.25. The Morgan fingerprint density at radius 1 is 1.21 bits per heavy atom. The van der Waals surface area contributed by atoms with E-state index in [1.54, 1.807) is 0 Å². The van der Waals surface area contributed by atoms with Gasteiger partial charge in [-0.3, -0.25) is 19.3 Å². The molecule has 1 saturated heterocycles. The van der Waals surface area contributed by atoms with E-state index in [-0.39, 0.29) is 23.1 Å². The summed E-state index contributed by atoms with van der Waals surface area (Å²) >= 11 is 3.83. The van der Waals surface area contributed by atoms with Crippen molar-refractivity contribution < 1.29 is 24.3 Å². The molecule has 3 heterocycles. The molecule has 29 heavy (non-hydrogen) atoms. The highest BCUT2D eigenvalue weighted by molar-refractivity contribution is 8.17. The molecule has 2 amide bonds. The van der Waals surface area contributed by atoms with Crippen LogP contribution >= 0.6 is 35.3 Å². The number of benzene rings is 1. The van der Waals surface area contributed by atoms with Crippen molar-refractivity contribution in [3.8, 4) is 0 Å². The average Bonchev–Trinajstić information content (AvgIpc) is 3.11. The van der Waals surface area contributed by atoms with Crippen molar-refractivity contribution in [3.63, 3.8) is 0 Å². The van der Waals surface area contributed by atoms with E-state index in [0.29, 0.717) is 16.4 Å². The molecule has 0 spiro atoms. The average molecular weight is 449 g/mol. The standard InChI is InChI=1S/C19H16N2O5S3/c22-13(6-10-4-2-1-3-5-10)20-15-17(24)21-16(19(25)26)12(9-28-18(15)21)29-11-7-14(23)27-8-11/h1-5,7,15,18H,6,8-9H2,(H,20,22)(H,25,26)/t15-,18-/m1/s1. The zero-order chi connectivity index (χ0) is 20.5. The number of carboxylic acid groups (broad SMARTS) is 1. The fraction of sp³-hybridized carbons (Fsp3) is 0.263. The summed E-state index contributed by atoms with van der Waals surface area (Å²) in [6.45, 7) is 0. The molecule has 4 rings (SSSR count). The highest BCUT2D eigenvalue weighted by atomic mass is 32.2. The van der Waals surface area contributed by atoms with Crippen molar-refractivity contribution in [2.24, 2.45) is 0 Å². The zero-order valence-corrected chi connectivity index (χ0v) is 17.4. The number of carboxylic acids is 1. The van der Waals surface area contributed by atoms with E-state index in [1.807, 2.05) is 30.3 Å². The molecule has 1 aromatic carbocycles. The lowest BCUT2D eigenvalue weighted by Gasteiger charge is -2.49. The molecule has 0 aromatic heterocycles. The molecule has 1 aromatic rings. The Kier molecular flexibility index (Phi) is 5.75. The van der Waals surface area contributed by atoms with Crippen LogP contribution in [0.5, 0.6) is 0 Å². The summed E-state index contributed by atoms with van der Waals surface area (Å²) in [6.07, 6.45) is 1.66. The lowest BCUT2D eigenvalue weighted by atomic mass is 10.0. The Morgan fingerprint density at radius 2 is 1.97 bits per heavy atom. The Morgan fingerprint density at radius 3 is 2.62 bits per heavy atom. The van der Waals surface area contributed by atoms with Crippen LogP contribution < -0.4 is 5.32 Å². The van der Waals surface area contributed by atoms with Crippen molar-refractivity contribution in [2.45, 2.75) is 17.8 Å². The van der Waals surface area contributed by atoms with Crippen molar-refractivity contribution >= 4 is 58.2 Å². The number of nitrogens with zero attached hydrogens (tertiary/aromatic N) is 1. The van der Waals surface area contributed by atoms with Gasteiger partial charge in [-0.2, -0.15) is 0 Å². The van der Waals surface area contributed by atoms with E-state index in [2.05, 4.69) is 5.32 Å². The van der Waals surface area contributed by atoms with Crippen molar-refractivity contribution in [1.82, 2.24) is 10.2 Å². The number of aliphatic carboxylic acids is 1. The Balaban J connectivity index is 1.46. The van der Waals surface area contributed by atoms with E-state index in [9.17, 15) is 24.3 Å². The number of rotatable bonds is 6. The van der Waals surface area contributed by atoms with Gasteiger partial charge in [0.1, 0.15) is 17.1 Å². The Bertz CT molecular complexity index is 960. The monoisotopic (exact) mass is 448 g/mol. The summed E-state index contributed by atoms with van der Waals surface area (Å²) in [4.78, 5) is 50.8. The third-order valence-electron chi connectivity index (χ3n) is 4.55. The highest BCUT2D eigenvalue weighted by Crippen LogP contribution is 2.46. The van der Waals surface area contributed by atoms with Gasteiger partial charge in [-0.15, -0.1) is 11.8 Å². The first kappa shape index (κ1) is 20.1. The van der Waals surface area contributed by atoms with Gasteiger partial charge in [0.15, 0.2) is 0 Å². The first-order chi connectivity index (χ1) is 13.9. The van der Waals surface area contributed by atoms with Gasteiger partial charge < -0.3 is 10.4 Å². The second-order valence-corrected chi connectivity index (χ2v) is 9.82. The van der Waals surface area contributed by atoms with Gasteiger partial charge in [0.2, 0.25) is 11.0 Å². The Hall–Kier alpha value is -2.17. The molecule has 0 aliphatic carbocycles. The second kappa shape index (κ2) is 8.29. The van der Waals surface area contributed by atoms with Crippen LogP contribution in [0.3, 0.4) is 0 Å². The van der Waals surface area contributed by atoms with Crippen LogP contribution in [-0.2, 0) is 25.6 Å². The molecular weight excluding hydrogens is 432 g/mol. The molecule has 3 aliphatic heterocycles. The number of hydrogen-bond donors (Lipinski definition) is 2. The van der Waals surface area contributed by atoms with E-state index in [0.717, 1.165) is 10.5 Å². The molecule has 1 fully saturated rings. The first-order valence-corrected chi connectivity index (χ1v) is 11.6. The van der Waals surface area contributed by atoms with Gasteiger partial charge in [-0.1, -0.05) is 53.9 Å². The van der Waals surface area contributed by atoms with Gasteiger partial charge in [0.05, 0.1) is 6.42 Å². The summed E-state index contributed by atoms with van der Waals surface area (Å²) in [5.41, 5.74) is 0.787. The summed E-state index contributed by atoms with van der Waals surface area (Å²) in [5.74, 6) is -0.965. The van der Waals surface area contributed by atoms with E-state index >= 15 is 0 Å². The van der Waals surface area contributed by atoms with Crippen LogP contribution in [0, 0.1) is 0 Å². The number of carbonyl (C=O) groups excluding carboxylic acids is 3. The van der Waals surface area contributed by atoms with Gasteiger partial charge in [-0.05, 0) is 5.56 Å². The molecule has 0 saturated carbocycles. The largest absolute Gasteiger partial charge is 0.477 e. The maximum atomic E-state index is 12.7. The normalized spacial score (nSPS) is 23.4. The van der Waals surface area contributed by atoms with Gasteiger partial charge >= 0.3 is 5.97 Å². The van der Waals surface area contributed by atoms with E-state index < -0.39 is 23.3 Å². The molecule has 2 N–H and O–H groups in total. The van der Waals surface area contributed by atoms with Crippen LogP contribution in [0.1, 0.15) is 5.56 Å². The van der Waals surface area contributed by atoms with Crippen molar-refractivity contribution in [2.75, 3.05) is 11.5 Å². The highest BCUT2D eigenvalue weighted by Gasteiger charge is 2.54. The molecule has 2 atom stereocenters. The third kappa shape index (κ3) is 4.10. The topological polar surface area (TPSA) is 104 Å². The van der Waals surface area contributed by atoms with Gasteiger partial charge in [-0.25, -0.2) is 4.79 Å². The fourth-order valence-corrected chi connectivity index (χ4v) is 6.73. The minimum atomic E-state index is -1.18. The molecule has 3 aliphatic rings. The van der Waals surface area contributed by atoms with Gasteiger partial charge in [0.25, 0.3) is 5.91 Å². The maximum absolute atomic E-state index is 12.7. The van der Waals surface area contributed by atoms with Crippen molar-refractivity contribution in [1.29, 1.82) is 0 Å². The van der Waals surface area contributed by atoms with Gasteiger partial charge in [0, 0.05) is 27.4 Å². The van der Waals surface area contributed by atoms with Crippen LogP contribution in [0.2, 0.25) is 0 Å². The number of hydrogen-bond acceptors (Lipinski definition) is 7. The summed E-state index contributed by atoms with van der Waals surface area (Å²) in [7, 11) is 0. The predicted octanol–water partition coefficient (Wildman–Crippen LogP) is 1.82. The summed E-state index contributed by atoms with van der Waals surface area (Å²) < 4.78 is 0. The molecular formula is C19H16N2O5S3. The molecule has 7 nitrogen and oxygen atoms in total. The minimum absolute atomic E-state index is 0.0486. The maximum Gasteiger partial charge on any atom is 0.353 e. The zero-order valence-electron chi connectivity index (χ0n) is 15.0. The number of carbonyl (C=O) groups is 4. The smallest absolute Gasteiger partial charge is 0.353 e. The number of β-lactam (4-membered cyclic amide) rings is 1. The SMILES string of the molecule is O=C(Cc1ccccc1)N[C@@H]1C(=O)N2C(C(=O)O)=C(SC3=CC(=O)SC3)CS[C@H]12. The van der Waals surface area contributed by atoms with E-state index in [1.165, 1.54) is 46.3 Å². The minimum Gasteiger partial charge on any atom is -0.477 e. The molecule has 0 unspecified atom stereocenters. The number of thioether (sulfide) groups is 3. The second-order valence-electron chi connectivity index (χ2n) is 6.51. The Labute approximate surface area is 179 Å². The lowest BCUT2D eigenvalue weighted by Crippen LogP contribution is -2.70. The number of amides is 2. The lowest BCUT2D eigenvalue weighted by molar-refractivity contribution is -0.150. The molecule has 10 heteroatoms. The van der Waals surface area contributed by atoms with Crippen LogP contribution in [0.25, 0.3) is 0 Å². The molecule has 0 bridgehead atoms.